The van der Waals surface area contributed by atoms with E-state index in [2.05, 4.69) is 6.92 Å². The quantitative estimate of drug-likeness (QED) is 0.840. The monoisotopic (exact) mass is 248 g/mol. The van der Waals surface area contributed by atoms with Crippen LogP contribution in [0.25, 0.3) is 0 Å². The Morgan fingerprint density at radius 2 is 1.89 bits per heavy atom. The first kappa shape index (κ1) is 14.7. The predicted molar refractivity (Wildman–Crippen MR) is 75.0 cm³/mol. The van der Waals surface area contributed by atoms with Crippen LogP contribution in [0, 0.1) is 5.92 Å². The number of nitrogens with zero attached hydrogens (tertiary/aromatic N) is 1. The molecule has 0 aliphatic heterocycles. The van der Waals surface area contributed by atoms with Crippen molar-refractivity contribution in [1.82, 2.24) is 4.90 Å². The third-order valence-electron chi connectivity index (χ3n) is 3.02. The number of rotatable bonds is 6. The third-order valence-corrected chi connectivity index (χ3v) is 3.02. The van der Waals surface area contributed by atoms with E-state index in [0.29, 0.717) is 6.54 Å². The molecule has 18 heavy (non-hydrogen) atoms. The maximum atomic E-state index is 12.3. The summed E-state index contributed by atoms with van der Waals surface area (Å²) in [6.07, 6.45) is 0.948. The number of carbonyl (C=O) groups excluding carboxylic acids is 1. The van der Waals surface area contributed by atoms with E-state index in [1.807, 2.05) is 49.1 Å². The molecule has 0 saturated heterocycles. The summed E-state index contributed by atoms with van der Waals surface area (Å²) in [6, 6.07) is 9.64. The van der Waals surface area contributed by atoms with Gasteiger partial charge in [-0.2, -0.15) is 0 Å². The second kappa shape index (κ2) is 7.17. The zero-order valence-corrected chi connectivity index (χ0v) is 11.6. The van der Waals surface area contributed by atoms with Crippen molar-refractivity contribution in [2.24, 2.45) is 11.7 Å². The van der Waals surface area contributed by atoms with Gasteiger partial charge < -0.3 is 10.6 Å². The van der Waals surface area contributed by atoms with Crippen LogP contribution in [0.15, 0.2) is 30.3 Å². The molecule has 1 aromatic rings. The number of nitrogens with two attached hydrogens (primary N) is 1. The summed E-state index contributed by atoms with van der Waals surface area (Å²) in [7, 11) is 0. The lowest BCUT2D eigenvalue weighted by atomic mass is 10.0. The zero-order chi connectivity index (χ0) is 13.5. The standard InChI is InChI=1S/C15H24N2O/c1-4-10-17(15(18)14(16)12(2)3)11-13-8-6-5-7-9-13/h5-9,12,14H,4,10-11,16H2,1-3H3/t14-/m1/s1. The normalized spacial score (nSPS) is 12.5. The first-order valence-corrected chi connectivity index (χ1v) is 6.64. The molecule has 0 aliphatic carbocycles. The first-order chi connectivity index (χ1) is 8.56. The Kier molecular flexibility index (Phi) is 5.86. The van der Waals surface area contributed by atoms with E-state index in [9.17, 15) is 4.79 Å². The lowest BCUT2D eigenvalue weighted by Gasteiger charge is -2.27. The molecule has 0 aliphatic rings. The first-order valence-electron chi connectivity index (χ1n) is 6.64. The van der Waals surface area contributed by atoms with E-state index in [4.69, 9.17) is 5.73 Å². The lowest BCUT2D eigenvalue weighted by molar-refractivity contribution is -0.134. The smallest absolute Gasteiger partial charge is 0.240 e. The Hall–Kier alpha value is -1.35. The maximum Gasteiger partial charge on any atom is 0.240 e. The van der Waals surface area contributed by atoms with Crippen LogP contribution in [-0.4, -0.2) is 23.4 Å². The summed E-state index contributed by atoms with van der Waals surface area (Å²) >= 11 is 0. The van der Waals surface area contributed by atoms with Gasteiger partial charge in [0.1, 0.15) is 0 Å². The van der Waals surface area contributed by atoms with Gasteiger partial charge in [0.25, 0.3) is 0 Å². The van der Waals surface area contributed by atoms with Crippen LogP contribution in [0.2, 0.25) is 0 Å². The highest BCUT2D eigenvalue weighted by atomic mass is 16.2. The minimum absolute atomic E-state index is 0.0516. The van der Waals surface area contributed by atoms with Gasteiger partial charge in [0.15, 0.2) is 0 Å². The van der Waals surface area contributed by atoms with Gasteiger partial charge >= 0.3 is 0 Å². The highest BCUT2D eigenvalue weighted by molar-refractivity contribution is 5.81. The van der Waals surface area contributed by atoms with Gasteiger partial charge in [-0.25, -0.2) is 0 Å². The highest BCUT2D eigenvalue weighted by Gasteiger charge is 2.22. The Bertz CT molecular complexity index is 362. The summed E-state index contributed by atoms with van der Waals surface area (Å²) in [5.41, 5.74) is 7.10. The molecule has 1 amide bonds. The molecule has 1 rings (SSSR count). The van der Waals surface area contributed by atoms with Gasteiger partial charge in [0.05, 0.1) is 6.04 Å². The molecule has 0 fully saturated rings. The SMILES string of the molecule is CCCN(Cc1ccccc1)C(=O)[C@H](N)C(C)C. The summed E-state index contributed by atoms with van der Waals surface area (Å²) in [4.78, 5) is 14.1. The fourth-order valence-corrected chi connectivity index (χ4v) is 1.84. The van der Waals surface area contributed by atoms with E-state index in [1.165, 1.54) is 0 Å². The third kappa shape index (κ3) is 4.15. The molecule has 0 spiro atoms. The number of hydrogen-bond acceptors (Lipinski definition) is 2. The van der Waals surface area contributed by atoms with Gasteiger partial charge in [-0.3, -0.25) is 4.79 Å². The zero-order valence-electron chi connectivity index (χ0n) is 11.6. The topological polar surface area (TPSA) is 46.3 Å². The molecule has 2 N–H and O–H groups in total. The molecule has 0 bridgehead atoms. The Balaban J connectivity index is 2.73. The van der Waals surface area contributed by atoms with Gasteiger partial charge in [-0.15, -0.1) is 0 Å². The second-order valence-electron chi connectivity index (χ2n) is 5.02. The Morgan fingerprint density at radius 1 is 1.28 bits per heavy atom. The average Bonchev–Trinajstić information content (AvgIpc) is 2.37. The predicted octanol–water partition coefficient (Wildman–Crippen LogP) is 2.41. The van der Waals surface area contributed by atoms with Crippen molar-refractivity contribution >= 4 is 5.91 Å². The molecule has 0 heterocycles. The molecule has 1 aromatic carbocycles. The van der Waals surface area contributed by atoms with Gasteiger partial charge in [0.2, 0.25) is 5.91 Å². The van der Waals surface area contributed by atoms with Crippen LogP contribution >= 0.6 is 0 Å². The second-order valence-corrected chi connectivity index (χ2v) is 5.02. The van der Waals surface area contributed by atoms with Crippen molar-refractivity contribution in [3.8, 4) is 0 Å². The fourth-order valence-electron chi connectivity index (χ4n) is 1.84. The average molecular weight is 248 g/mol. The van der Waals surface area contributed by atoms with Gasteiger partial charge in [0, 0.05) is 13.1 Å². The summed E-state index contributed by atoms with van der Waals surface area (Å²) in [6.45, 7) is 7.44. The minimum atomic E-state index is -0.403. The van der Waals surface area contributed by atoms with Gasteiger partial charge in [-0.05, 0) is 17.9 Å². The van der Waals surface area contributed by atoms with E-state index in [1.54, 1.807) is 0 Å². The molecule has 0 radical (unpaired) electrons. The number of benzene rings is 1. The van der Waals surface area contributed by atoms with Crippen LogP contribution in [-0.2, 0) is 11.3 Å². The van der Waals surface area contributed by atoms with Crippen molar-refractivity contribution in [3.05, 3.63) is 35.9 Å². The van der Waals surface area contributed by atoms with Crippen molar-refractivity contribution in [1.29, 1.82) is 0 Å². The number of amides is 1. The molecular formula is C15H24N2O. The van der Waals surface area contributed by atoms with Crippen molar-refractivity contribution in [3.63, 3.8) is 0 Å². The highest BCUT2D eigenvalue weighted by Crippen LogP contribution is 2.09. The molecule has 100 valence electrons. The van der Waals surface area contributed by atoms with Crippen LogP contribution in [0.1, 0.15) is 32.8 Å². The molecule has 1 atom stereocenters. The van der Waals surface area contributed by atoms with Gasteiger partial charge in [-0.1, -0.05) is 51.1 Å². The Labute approximate surface area is 110 Å². The van der Waals surface area contributed by atoms with E-state index < -0.39 is 6.04 Å². The molecular weight excluding hydrogens is 224 g/mol. The fraction of sp³-hybridized carbons (Fsp3) is 0.533. The van der Waals surface area contributed by atoms with E-state index >= 15 is 0 Å². The van der Waals surface area contributed by atoms with Crippen LogP contribution < -0.4 is 5.73 Å². The minimum Gasteiger partial charge on any atom is -0.337 e. The largest absolute Gasteiger partial charge is 0.337 e. The number of hydrogen-bond donors (Lipinski definition) is 1. The molecule has 3 heteroatoms. The van der Waals surface area contributed by atoms with Crippen LogP contribution in [0.5, 0.6) is 0 Å². The Morgan fingerprint density at radius 3 is 2.39 bits per heavy atom. The maximum absolute atomic E-state index is 12.3. The molecule has 0 saturated carbocycles. The summed E-state index contributed by atoms with van der Waals surface area (Å²) in [5, 5.41) is 0. The molecule has 0 unspecified atom stereocenters. The molecule has 0 aromatic heterocycles. The summed E-state index contributed by atoms with van der Waals surface area (Å²) < 4.78 is 0. The van der Waals surface area contributed by atoms with Crippen LogP contribution in [0.4, 0.5) is 0 Å². The van der Waals surface area contributed by atoms with Crippen molar-refractivity contribution in [2.45, 2.75) is 39.8 Å². The molecule has 3 nitrogen and oxygen atoms in total. The van der Waals surface area contributed by atoms with E-state index in [0.717, 1.165) is 18.5 Å². The van der Waals surface area contributed by atoms with E-state index in [-0.39, 0.29) is 11.8 Å². The van der Waals surface area contributed by atoms with Crippen molar-refractivity contribution in [2.75, 3.05) is 6.54 Å². The van der Waals surface area contributed by atoms with Crippen LogP contribution in [0.3, 0.4) is 0 Å². The summed E-state index contributed by atoms with van der Waals surface area (Å²) in [5.74, 6) is 0.225. The number of carbonyl (C=O) groups is 1. The van der Waals surface area contributed by atoms with Crippen molar-refractivity contribution < 1.29 is 4.79 Å². The lowest BCUT2D eigenvalue weighted by Crippen LogP contribution is -2.46.